The molecule has 0 unspecified atom stereocenters. The second kappa shape index (κ2) is 12.8. The maximum absolute atomic E-state index is 11.5. The molecule has 0 heterocycles. The molecule has 0 aromatic heterocycles. The number of carbonyl (C=O) groups is 1. The van der Waals surface area contributed by atoms with Crippen LogP contribution in [0.25, 0.3) is 0 Å². The summed E-state index contributed by atoms with van der Waals surface area (Å²) in [6.45, 7) is 0. The van der Waals surface area contributed by atoms with Gasteiger partial charge in [-0.25, -0.2) is 0 Å². The number of rotatable bonds is 12. The summed E-state index contributed by atoms with van der Waals surface area (Å²) in [4.78, 5) is 10.3. The van der Waals surface area contributed by atoms with Gasteiger partial charge in [-0.3, -0.25) is 4.79 Å². The zero-order valence-electron chi connectivity index (χ0n) is 13.3. The van der Waals surface area contributed by atoms with E-state index < -0.39 is 19.5 Å². The van der Waals surface area contributed by atoms with Crippen molar-refractivity contribution in [2.75, 3.05) is 0 Å². The maximum atomic E-state index is 11.5. The van der Waals surface area contributed by atoms with Gasteiger partial charge in [-0.05, 0) is 6.42 Å². The predicted octanol–water partition coefficient (Wildman–Crippen LogP) is 5.11. The zero-order valence-corrected chi connectivity index (χ0v) is 15.2. The summed E-state index contributed by atoms with van der Waals surface area (Å²) in [5.41, 5.74) is 3.73. The molecule has 3 nitrogen and oxygen atoms in total. The first kappa shape index (κ1) is 20.0. The Morgan fingerprint density at radius 2 is 1.48 bits per heavy atom. The Morgan fingerprint density at radius 1 is 0.905 bits per heavy atom. The van der Waals surface area contributed by atoms with Crippen molar-refractivity contribution in [2.45, 2.75) is 61.6 Å². The van der Waals surface area contributed by atoms with Crippen LogP contribution in [0.15, 0.2) is 36.5 Å². The topological polar surface area (TPSA) is 54.4 Å². The molecule has 4 heteroatoms. The summed E-state index contributed by atoms with van der Waals surface area (Å²) in [6.07, 6.45) is 18.6. The first-order chi connectivity index (χ1) is 9.92. The van der Waals surface area contributed by atoms with E-state index in [2.05, 4.69) is 30.4 Å². The molecule has 21 heavy (non-hydrogen) atoms. The second-order valence-electron chi connectivity index (χ2n) is 5.64. The van der Waals surface area contributed by atoms with Crippen LogP contribution in [-0.2, 0) is 8.53 Å². The molecular formula is C17H29AsO3. The molecule has 0 saturated carbocycles. The minimum absolute atomic E-state index is 0.284. The first-order valence-corrected chi connectivity index (χ1v) is 13.5. The van der Waals surface area contributed by atoms with E-state index in [1.807, 2.05) is 17.5 Å². The third-order valence-electron chi connectivity index (χ3n) is 2.85. The van der Waals surface area contributed by atoms with Gasteiger partial charge in [0.25, 0.3) is 0 Å². The third kappa shape index (κ3) is 19.0. The van der Waals surface area contributed by atoms with Gasteiger partial charge in [0.05, 0.1) is 0 Å². The van der Waals surface area contributed by atoms with Crippen LogP contribution in [0.5, 0.6) is 0 Å². The summed E-state index contributed by atoms with van der Waals surface area (Å²) >= 11 is -2.48. The Morgan fingerprint density at radius 3 is 2.05 bits per heavy atom. The molecule has 0 spiro atoms. The van der Waals surface area contributed by atoms with Crippen LogP contribution in [0.4, 0.5) is 0 Å². The fourth-order valence-electron chi connectivity index (χ4n) is 1.70. The molecule has 0 amide bonds. The van der Waals surface area contributed by atoms with Crippen LogP contribution in [-0.4, -0.2) is 24.6 Å². The molecule has 0 saturated heterocycles. The van der Waals surface area contributed by atoms with Crippen molar-refractivity contribution in [3.63, 3.8) is 0 Å². The smallest absolute Gasteiger partial charge is 0.481 e. The fraction of sp³-hybridized carbons (Fsp3) is 0.588. The Bertz CT molecular complexity index is 402. The predicted molar refractivity (Wildman–Crippen MR) is 90.4 cm³/mol. The van der Waals surface area contributed by atoms with Gasteiger partial charge < -0.3 is 5.11 Å². The number of carboxylic acid groups (broad SMARTS) is 1. The first-order valence-electron chi connectivity index (χ1n) is 7.62. The number of hydrogen-bond acceptors (Lipinski definition) is 2. The van der Waals surface area contributed by atoms with E-state index in [9.17, 15) is 8.53 Å². The van der Waals surface area contributed by atoms with Gasteiger partial charge in [0.2, 0.25) is 0 Å². The summed E-state index contributed by atoms with van der Waals surface area (Å²) in [6, 6.07) is 0. The summed E-state index contributed by atoms with van der Waals surface area (Å²) in [7, 11) is 0. The van der Waals surface area contributed by atoms with Gasteiger partial charge >= 0.3 is 108 Å². The Hall–Kier alpha value is -0.952. The average Bonchev–Trinajstić information content (AvgIpc) is 2.37. The SMILES string of the molecule is C[As](C)(=O)C/C=C\C/C=C\C/C=C\CCCCCC(=O)O. The molecule has 0 aromatic rings. The normalized spacial score (nSPS) is 12.9. The zero-order chi connectivity index (χ0) is 16.0. The fourth-order valence-corrected chi connectivity index (χ4v) is 3.08. The molecule has 0 aromatic carbocycles. The minimum atomic E-state index is -2.48. The molecule has 1 N–H and O–H groups in total. The molecule has 120 valence electrons. The van der Waals surface area contributed by atoms with E-state index in [4.69, 9.17) is 5.11 Å². The van der Waals surface area contributed by atoms with Crippen molar-refractivity contribution in [2.24, 2.45) is 0 Å². The van der Waals surface area contributed by atoms with Gasteiger partial charge in [-0.1, -0.05) is 0 Å². The van der Waals surface area contributed by atoms with Gasteiger partial charge in [-0.15, -0.1) is 0 Å². The van der Waals surface area contributed by atoms with Crippen LogP contribution in [0.3, 0.4) is 0 Å². The van der Waals surface area contributed by atoms with Gasteiger partial charge in [-0.2, -0.15) is 0 Å². The molecule has 0 rings (SSSR count). The van der Waals surface area contributed by atoms with Gasteiger partial charge in [0.15, 0.2) is 0 Å². The molecule has 0 fully saturated rings. The van der Waals surface area contributed by atoms with Gasteiger partial charge in [0.1, 0.15) is 0 Å². The van der Waals surface area contributed by atoms with E-state index in [1.165, 1.54) is 0 Å². The van der Waals surface area contributed by atoms with E-state index in [-0.39, 0.29) is 6.42 Å². The van der Waals surface area contributed by atoms with E-state index in [0.29, 0.717) is 0 Å². The summed E-state index contributed by atoms with van der Waals surface area (Å²) < 4.78 is 11.5. The van der Waals surface area contributed by atoms with Crippen LogP contribution < -0.4 is 0 Å². The van der Waals surface area contributed by atoms with Crippen molar-refractivity contribution >= 4 is 19.5 Å². The van der Waals surface area contributed by atoms with E-state index >= 15 is 0 Å². The summed E-state index contributed by atoms with van der Waals surface area (Å²) in [5.74, 6) is -0.702. The number of carboxylic acids is 1. The number of allylic oxidation sites excluding steroid dienone is 6. The van der Waals surface area contributed by atoms with Crippen molar-refractivity contribution in [3.8, 4) is 0 Å². The van der Waals surface area contributed by atoms with Crippen LogP contribution in [0.2, 0.25) is 16.6 Å². The second-order valence-corrected chi connectivity index (χ2v) is 13.0. The van der Waals surface area contributed by atoms with Crippen LogP contribution in [0.1, 0.15) is 44.9 Å². The van der Waals surface area contributed by atoms with E-state index in [1.54, 1.807) is 0 Å². The van der Waals surface area contributed by atoms with Crippen molar-refractivity contribution in [1.82, 2.24) is 0 Å². The van der Waals surface area contributed by atoms with Crippen LogP contribution >= 0.6 is 0 Å². The molecule has 0 radical (unpaired) electrons. The summed E-state index contributed by atoms with van der Waals surface area (Å²) in [5, 5.41) is 9.23. The minimum Gasteiger partial charge on any atom is -0.481 e. The Balaban J connectivity index is 3.44. The molecule has 0 aliphatic carbocycles. The Kier molecular flexibility index (Phi) is 12.2. The monoisotopic (exact) mass is 356 g/mol. The number of unbranched alkanes of at least 4 members (excludes halogenated alkanes) is 3. The van der Waals surface area contributed by atoms with Crippen molar-refractivity contribution < 1.29 is 13.6 Å². The van der Waals surface area contributed by atoms with E-state index in [0.717, 1.165) is 43.7 Å². The molecule has 0 atom stereocenters. The number of hydrogen-bond donors (Lipinski definition) is 1. The molecule has 0 bridgehead atoms. The Labute approximate surface area is 131 Å². The number of aliphatic carboxylic acids is 1. The van der Waals surface area contributed by atoms with Crippen LogP contribution in [0, 0.1) is 0 Å². The quantitative estimate of drug-likeness (QED) is 0.300. The molecular weight excluding hydrogens is 327 g/mol. The third-order valence-corrected chi connectivity index (χ3v) is 5.14. The van der Waals surface area contributed by atoms with Crippen molar-refractivity contribution in [1.29, 1.82) is 0 Å². The van der Waals surface area contributed by atoms with Crippen molar-refractivity contribution in [3.05, 3.63) is 36.5 Å². The standard InChI is InChI=1S/C17H29AsO3/c1-18(2,21)16-14-12-10-8-6-4-3-5-7-9-11-13-15-17(19)20/h3,5-6,8,12,14H,4,7,9-11,13,15-16H2,1-2H3,(H,19,20)/b5-3-,8-6-,14-12-. The molecule has 0 aliphatic heterocycles. The average molecular weight is 356 g/mol. The molecule has 0 aliphatic rings. The van der Waals surface area contributed by atoms with Gasteiger partial charge in [0, 0.05) is 6.42 Å².